The average Bonchev–Trinajstić information content (AvgIpc) is 3.24. The maximum Gasteiger partial charge on any atom is 0.338 e. The minimum absolute atomic E-state index is 0.0364. The SMILES string of the molecule is CCCc1ccc(C#N)c(SC2CC(=O)N(c3ccc(C(=O)OCC(=O)c4ccc(OC)cc4)cc3)C2=O)n1. The van der Waals surface area contributed by atoms with Crippen molar-refractivity contribution in [3.63, 3.8) is 0 Å². The van der Waals surface area contributed by atoms with E-state index in [2.05, 4.69) is 11.1 Å². The molecule has 10 heteroatoms. The monoisotopic (exact) mass is 543 g/mol. The van der Waals surface area contributed by atoms with Crippen LogP contribution in [-0.4, -0.2) is 47.5 Å². The van der Waals surface area contributed by atoms with Gasteiger partial charge in [0, 0.05) is 17.7 Å². The highest BCUT2D eigenvalue weighted by molar-refractivity contribution is 8.00. The smallest absolute Gasteiger partial charge is 0.338 e. The number of ketones is 1. The molecule has 1 atom stereocenters. The molecule has 1 unspecified atom stereocenters. The fourth-order valence-electron chi connectivity index (χ4n) is 3.97. The molecular weight excluding hydrogens is 518 g/mol. The van der Waals surface area contributed by atoms with Gasteiger partial charge < -0.3 is 9.47 Å². The molecule has 4 rings (SSSR count). The van der Waals surface area contributed by atoms with E-state index in [0.29, 0.717) is 27.6 Å². The number of ether oxygens (including phenoxy) is 2. The third-order valence-corrected chi connectivity index (χ3v) is 7.20. The number of aromatic nitrogens is 1. The van der Waals surface area contributed by atoms with Crippen LogP contribution in [0.25, 0.3) is 0 Å². The number of hydrogen-bond acceptors (Lipinski definition) is 9. The Balaban J connectivity index is 1.39. The number of thioether (sulfide) groups is 1. The van der Waals surface area contributed by atoms with Crippen molar-refractivity contribution in [2.45, 2.75) is 36.5 Å². The highest BCUT2D eigenvalue weighted by Crippen LogP contribution is 2.35. The molecule has 9 nitrogen and oxygen atoms in total. The Kier molecular flexibility index (Phi) is 8.74. The van der Waals surface area contributed by atoms with Gasteiger partial charge in [-0.1, -0.05) is 25.1 Å². The first kappa shape index (κ1) is 27.5. The van der Waals surface area contributed by atoms with Gasteiger partial charge in [-0.25, -0.2) is 14.7 Å². The van der Waals surface area contributed by atoms with Gasteiger partial charge in [0.05, 0.1) is 29.2 Å². The van der Waals surface area contributed by atoms with Crippen LogP contribution in [0.2, 0.25) is 0 Å². The maximum atomic E-state index is 13.1. The van der Waals surface area contributed by atoms with Crippen LogP contribution in [0.3, 0.4) is 0 Å². The summed E-state index contributed by atoms with van der Waals surface area (Å²) in [7, 11) is 1.52. The molecule has 198 valence electrons. The lowest BCUT2D eigenvalue weighted by Crippen LogP contribution is -2.31. The van der Waals surface area contributed by atoms with Crippen LogP contribution < -0.4 is 9.64 Å². The molecule has 0 radical (unpaired) electrons. The molecule has 1 aliphatic rings. The number of aryl methyl sites for hydroxylation is 1. The molecule has 3 aromatic rings. The molecule has 1 saturated heterocycles. The van der Waals surface area contributed by atoms with E-state index in [4.69, 9.17) is 9.47 Å². The number of imide groups is 1. The number of hydrogen-bond donors (Lipinski definition) is 0. The number of rotatable bonds is 10. The second-order valence-electron chi connectivity index (χ2n) is 8.67. The molecule has 1 fully saturated rings. The zero-order valence-electron chi connectivity index (χ0n) is 21.4. The minimum Gasteiger partial charge on any atom is -0.497 e. The summed E-state index contributed by atoms with van der Waals surface area (Å²) in [4.78, 5) is 56.2. The molecule has 0 spiro atoms. The number of Topliss-reactive ketones (excluding diaryl/α,β-unsaturated/α-hetero) is 1. The third kappa shape index (κ3) is 6.33. The molecule has 2 amide bonds. The van der Waals surface area contributed by atoms with Gasteiger partial charge in [-0.3, -0.25) is 14.4 Å². The molecule has 0 bridgehead atoms. The predicted octanol–water partition coefficient (Wildman–Crippen LogP) is 4.38. The van der Waals surface area contributed by atoms with Gasteiger partial charge in [0.1, 0.15) is 16.8 Å². The van der Waals surface area contributed by atoms with Gasteiger partial charge in [0.15, 0.2) is 12.4 Å². The van der Waals surface area contributed by atoms with Gasteiger partial charge in [-0.15, -0.1) is 0 Å². The summed E-state index contributed by atoms with van der Waals surface area (Å²) < 4.78 is 10.2. The summed E-state index contributed by atoms with van der Waals surface area (Å²) in [5, 5.41) is 9.16. The Labute approximate surface area is 229 Å². The lowest BCUT2D eigenvalue weighted by Gasteiger charge is -2.15. The molecule has 0 aliphatic carbocycles. The molecule has 1 aromatic heterocycles. The Hall–Kier alpha value is -4.49. The van der Waals surface area contributed by atoms with Crippen molar-refractivity contribution in [3.05, 3.63) is 83.0 Å². The Morgan fingerprint density at radius 1 is 1.05 bits per heavy atom. The lowest BCUT2D eigenvalue weighted by atomic mass is 10.1. The number of anilines is 1. The van der Waals surface area contributed by atoms with Gasteiger partial charge in [-0.2, -0.15) is 5.26 Å². The van der Waals surface area contributed by atoms with E-state index in [1.807, 2.05) is 6.92 Å². The maximum absolute atomic E-state index is 13.1. The van der Waals surface area contributed by atoms with Crippen molar-refractivity contribution < 1.29 is 28.7 Å². The number of carbonyl (C=O) groups is 4. The highest BCUT2D eigenvalue weighted by atomic mass is 32.2. The van der Waals surface area contributed by atoms with Crippen LogP contribution in [0.5, 0.6) is 5.75 Å². The summed E-state index contributed by atoms with van der Waals surface area (Å²) in [6.45, 7) is 1.59. The van der Waals surface area contributed by atoms with Gasteiger partial charge >= 0.3 is 5.97 Å². The van der Waals surface area contributed by atoms with Crippen LogP contribution >= 0.6 is 11.8 Å². The fraction of sp³-hybridized carbons (Fsp3) is 0.241. The normalized spacial score (nSPS) is 14.7. The van der Waals surface area contributed by atoms with Crippen LogP contribution in [0, 0.1) is 11.3 Å². The van der Waals surface area contributed by atoms with E-state index in [-0.39, 0.29) is 23.7 Å². The van der Waals surface area contributed by atoms with E-state index >= 15 is 0 Å². The Bertz CT molecular complexity index is 1450. The molecule has 0 saturated carbocycles. The summed E-state index contributed by atoms with van der Waals surface area (Å²) >= 11 is 1.11. The summed E-state index contributed by atoms with van der Waals surface area (Å²) in [5.41, 5.74) is 2.04. The Morgan fingerprint density at radius 2 is 1.74 bits per heavy atom. The van der Waals surface area contributed by atoms with Crippen molar-refractivity contribution in [3.8, 4) is 11.8 Å². The lowest BCUT2D eigenvalue weighted by molar-refractivity contribution is -0.121. The van der Waals surface area contributed by atoms with E-state index in [1.165, 1.54) is 31.4 Å². The van der Waals surface area contributed by atoms with E-state index in [0.717, 1.165) is 35.2 Å². The number of carbonyl (C=O) groups excluding carboxylic acids is 4. The molecule has 0 N–H and O–H groups in total. The van der Waals surface area contributed by atoms with Crippen molar-refractivity contribution in [1.82, 2.24) is 4.98 Å². The van der Waals surface area contributed by atoms with Crippen LogP contribution in [-0.2, 0) is 20.7 Å². The number of esters is 1. The molecule has 1 aliphatic heterocycles. The molecule has 39 heavy (non-hydrogen) atoms. The van der Waals surface area contributed by atoms with Crippen molar-refractivity contribution >= 4 is 41.0 Å². The van der Waals surface area contributed by atoms with Crippen molar-refractivity contribution in [2.24, 2.45) is 0 Å². The highest BCUT2D eigenvalue weighted by Gasteiger charge is 2.40. The number of nitriles is 1. The predicted molar refractivity (Wildman–Crippen MR) is 144 cm³/mol. The zero-order valence-corrected chi connectivity index (χ0v) is 22.2. The molecule has 2 aromatic carbocycles. The van der Waals surface area contributed by atoms with Crippen LogP contribution in [0.1, 0.15) is 51.7 Å². The van der Waals surface area contributed by atoms with Crippen LogP contribution in [0.15, 0.2) is 65.7 Å². The van der Waals surface area contributed by atoms with Crippen LogP contribution in [0.4, 0.5) is 5.69 Å². The van der Waals surface area contributed by atoms with Gasteiger partial charge in [0.25, 0.3) is 0 Å². The first-order chi connectivity index (χ1) is 18.8. The minimum atomic E-state index is -0.720. The van der Waals surface area contributed by atoms with Crippen molar-refractivity contribution in [2.75, 3.05) is 18.6 Å². The second kappa shape index (κ2) is 12.4. The molecule has 2 heterocycles. The van der Waals surface area contributed by atoms with E-state index in [9.17, 15) is 24.4 Å². The summed E-state index contributed by atoms with van der Waals surface area (Å²) in [5.74, 6) is -1.28. The zero-order chi connectivity index (χ0) is 27.9. The largest absolute Gasteiger partial charge is 0.497 e. The average molecular weight is 544 g/mol. The topological polar surface area (TPSA) is 127 Å². The third-order valence-electron chi connectivity index (χ3n) is 6.01. The standard InChI is InChI=1S/C29H25N3O6S/c1-3-4-21-10-5-20(16-30)27(31-21)39-25-15-26(34)32(28(25)35)22-11-6-19(7-12-22)29(36)38-17-24(33)18-8-13-23(37-2)14-9-18/h5-14,25H,3-4,15,17H2,1-2H3. The number of methoxy groups -OCH3 is 1. The first-order valence-corrected chi connectivity index (χ1v) is 13.1. The number of amides is 2. The Morgan fingerprint density at radius 3 is 2.38 bits per heavy atom. The van der Waals surface area contributed by atoms with Crippen molar-refractivity contribution in [1.29, 1.82) is 5.26 Å². The van der Waals surface area contributed by atoms with E-state index < -0.39 is 23.7 Å². The van der Waals surface area contributed by atoms with Gasteiger partial charge in [-0.05, 0) is 67.1 Å². The van der Waals surface area contributed by atoms with E-state index in [1.54, 1.807) is 36.4 Å². The second-order valence-corrected chi connectivity index (χ2v) is 9.86. The number of pyridine rings is 1. The summed E-state index contributed by atoms with van der Waals surface area (Å²) in [6.07, 6.45) is 1.60. The number of benzene rings is 2. The quantitative estimate of drug-likeness (QED) is 0.208. The fourth-order valence-corrected chi connectivity index (χ4v) is 5.08. The summed E-state index contributed by atoms with van der Waals surface area (Å²) in [6, 6.07) is 17.8. The number of nitrogens with zero attached hydrogens (tertiary/aromatic N) is 3. The van der Waals surface area contributed by atoms with Gasteiger partial charge in [0.2, 0.25) is 11.8 Å². The molecular formula is C29H25N3O6S. The first-order valence-electron chi connectivity index (χ1n) is 12.2.